The van der Waals surface area contributed by atoms with Crippen molar-refractivity contribution in [2.75, 3.05) is 25.6 Å². The van der Waals surface area contributed by atoms with Gasteiger partial charge in [-0.3, -0.25) is 4.79 Å². The molecule has 2 heterocycles. The van der Waals surface area contributed by atoms with Gasteiger partial charge in [-0.15, -0.1) is 0 Å². The number of anilines is 1. The highest BCUT2D eigenvalue weighted by Crippen LogP contribution is 2.15. The second-order valence-electron chi connectivity index (χ2n) is 4.54. The molecule has 0 aliphatic carbocycles. The Hall–Kier alpha value is -2.15. The molecule has 7 nitrogen and oxygen atoms in total. The first-order chi connectivity index (χ1) is 9.61. The van der Waals surface area contributed by atoms with Crippen molar-refractivity contribution in [2.45, 2.75) is 19.9 Å². The molecule has 2 rings (SSSR count). The Morgan fingerprint density at radius 3 is 3.10 bits per heavy atom. The number of amides is 1. The second-order valence-corrected chi connectivity index (χ2v) is 4.54. The molecule has 0 aliphatic rings. The summed E-state index contributed by atoms with van der Waals surface area (Å²) < 4.78 is 6.63. The fourth-order valence-corrected chi connectivity index (χ4v) is 1.86. The van der Waals surface area contributed by atoms with Gasteiger partial charge in [0.2, 0.25) is 5.91 Å². The number of fused-ring (bicyclic) bond motifs is 1. The average Bonchev–Trinajstić information content (AvgIpc) is 2.80. The van der Waals surface area contributed by atoms with Crippen molar-refractivity contribution in [3.63, 3.8) is 0 Å². The number of nitrogens with one attached hydrogen (secondary N) is 2. The monoisotopic (exact) mass is 277 g/mol. The molecule has 1 unspecified atom stereocenters. The number of ether oxygens (including phenoxy) is 1. The highest BCUT2D eigenvalue weighted by Gasteiger charge is 2.14. The third-order valence-electron chi connectivity index (χ3n) is 2.86. The molecule has 0 aliphatic heterocycles. The van der Waals surface area contributed by atoms with Crippen LogP contribution in [0.2, 0.25) is 0 Å². The van der Waals surface area contributed by atoms with Gasteiger partial charge in [0.1, 0.15) is 11.6 Å². The Bertz CT molecular complexity index is 595. The molecule has 2 aromatic rings. The fourth-order valence-electron chi connectivity index (χ4n) is 1.86. The topological polar surface area (TPSA) is 80.5 Å². The van der Waals surface area contributed by atoms with E-state index in [9.17, 15) is 4.79 Å². The van der Waals surface area contributed by atoms with Crippen molar-refractivity contribution in [1.29, 1.82) is 0 Å². The predicted octanol–water partition coefficient (Wildman–Crippen LogP) is 0.601. The van der Waals surface area contributed by atoms with Crippen molar-refractivity contribution in [2.24, 2.45) is 0 Å². The number of hydrogen-bond acceptors (Lipinski definition) is 5. The van der Waals surface area contributed by atoms with E-state index in [1.165, 1.54) is 0 Å². The zero-order valence-electron chi connectivity index (χ0n) is 11.9. The molecule has 0 radical (unpaired) electrons. The highest BCUT2D eigenvalue weighted by molar-refractivity contribution is 5.85. The minimum Gasteiger partial charge on any atom is -0.383 e. The number of carbonyl (C=O) groups excluding carboxylic acids is 1. The fraction of sp³-hybridized carbons (Fsp3) is 0.462. The van der Waals surface area contributed by atoms with Gasteiger partial charge in [0.05, 0.1) is 12.3 Å². The molecular weight excluding hydrogens is 258 g/mol. The van der Waals surface area contributed by atoms with E-state index in [1.54, 1.807) is 30.9 Å². The van der Waals surface area contributed by atoms with Crippen LogP contribution in [-0.2, 0) is 9.53 Å². The maximum Gasteiger partial charge on any atom is 0.242 e. The molecule has 1 atom stereocenters. The Labute approximate surface area is 117 Å². The average molecular weight is 277 g/mol. The van der Waals surface area contributed by atoms with E-state index in [4.69, 9.17) is 4.74 Å². The summed E-state index contributed by atoms with van der Waals surface area (Å²) in [4.78, 5) is 16.1. The van der Waals surface area contributed by atoms with Gasteiger partial charge in [0, 0.05) is 26.0 Å². The summed E-state index contributed by atoms with van der Waals surface area (Å²) in [5, 5.41) is 10.2. The van der Waals surface area contributed by atoms with Crippen LogP contribution in [0.4, 0.5) is 5.82 Å². The van der Waals surface area contributed by atoms with Gasteiger partial charge < -0.3 is 15.4 Å². The lowest BCUT2D eigenvalue weighted by atomic mass is 10.3. The lowest BCUT2D eigenvalue weighted by Gasteiger charge is -2.14. The number of rotatable bonds is 6. The molecule has 2 N–H and O–H groups in total. The van der Waals surface area contributed by atoms with E-state index < -0.39 is 0 Å². The normalized spacial score (nSPS) is 12.3. The minimum absolute atomic E-state index is 0.0953. The van der Waals surface area contributed by atoms with Gasteiger partial charge in [-0.25, -0.2) is 9.50 Å². The summed E-state index contributed by atoms with van der Waals surface area (Å²) >= 11 is 0. The predicted molar refractivity (Wildman–Crippen MR) is 75.7 cm³/mol. The molecule has 0 saturated carbocycles. The standard InChI is InChI=1S/C13H19N5O2/c1-9-8-11-12(14-4-6-18(11)17-9)16-10(2)13(19)15-5-7-20-3/h4,6,8,10H,5,7H2,1-3H3,(H,14,16)(H,15,19). The molecule has 108 valence electrons. The quantitative estimate of drug-likeness (QED) is 0.756. The van der Waals surface area contributed by atoms with E-state index in [-0.39, 0.29) is 11.9 Å². The van der Waals surface area contributed by atoms with E-state index >= 15 is 0 Å². The van der Waals surface area contributed by atoms with Gasteiger partial charge in [0.25, 0.3) is 0 Å². The van der Waals surface area contributed by atoms with Crippen molar-refractivity contribution in [3.8, 4) is 0 Å². The van der Waals surface area contributed by atoms with Crippen LogP contribution in [0, 0.1) is 6.92 Å². The molecular formula is C13H19N5O2. The van der Waals surface area contributed by atoms with E-state index in [2.05, 4.69) is 20.7 Å². The molecule has 2 aromatic heterocycles. The summed E-state index contributed by atoms with van der Waals surface area (Å²) in [6, 6.07) is 1.53. The molecule has 0 saturated heterocycles. The van der Waals surface area contributed by atoms with Crippen LogP contribution < -0.4 is 10.6 Å². The number of nitrogens with zero attached hydrogens (tertiary/aromatic N) is 3. The minimum atomic E-state index is -0.388. The van der Waals surface area contributed by atoms with Gasteiger partial charge in [-0.05, 0) is 19.9 Å². The van der Waals surface area contributed by atoms with Crippen LogP contribution >= 0.6 is 0 Å². The highest BCUT2D eigenvalue weighted by atomic mass is 16.5. The lowest BCUT2D eigenvalue weighted by molar-refractivity contribution is -0.121. The number of aromatic nitrogens is 3. The van der Waals surface area contributed by atoms with Crippen LogP contribution in [0.15, 0.2) is 18.5 Å². The first-order valence-corrected chi connectivity index (χ1v) is 6.46. The number of aryl methyl sites for hydroxylation is 1. The third-order valence-corrected chi connectivity index (χ3v) is 2.86. The molecule has 7 heteroatoms. The van der Waals surface area contributed by atoms with Crippen LogP contribution in [0.3, 0.4) is 0 Å². The zero-order chi connectivity index (χ0) is 14.5. The van der Waals surface area contributed by atoms with E-state index in [1.807, 2.05) is 13.0 Å². The van der Waals surface area contributed by atoms with Gasteiger partial charge in [-0.1, -0.05) is 0 Å². The van der Waals surface area contributed by atoms with Crippen molar-refractivity contribution in [3.05, 3.63) is 24.2 Å². The third kappa shape index (κ3) is 3.24. The summed E-state index contributed by atoms with van der Waals surface area (Å²) in [5.41, 5.74) is 1.75. The van der Waals surface area contributed by atoms with E-state index in [0.717, 1.165) is 11.2 Å². The van der Waals surface area contributed by atoms with Gasteiger partial charge in [0.15, 0.2) is 5.82 Å². The largest absolute Gasteiger partial charge is 0.383 e. The van der Waals surface area contributed by atoms with Crippen molar-refractivity contribution >= 4 is 17.2 Å². The van der Waals surface area contributed by atoms with Crippen LogP contribution in [0.1, 0.15) is 12.6 Å². The van der Waals surface area contributed by atoms with E-state index in [0.29, 0.717) is 19.0 Å². The van der Waals surface area contributed by atoms with Crippen LogP contribution in [0.25, 0.3) is 5.52 Å². The van der Waals surface area contributed by atoms with Crippen LogP contribution in [-0.4, -0.2) is 46.8 Å². The molecule has 20 heavy (non-hydrogen) atoms. The van der Waals surface area contributed by atoms with Crippen molar-refractivity contribution in [1.82, 2.24) is 19.9 Å². The lowest BCUT2D eigenvalue weighted by Crippen LogP contribution is -2.39. The SMILES string of the molecule is COCCNC(=O)C(C)Nc1nccn2nc(C)cc12. The molecule has 0 fully saturated rings. The van der Waals surface area contributed by atoms with Crippen LogP contribution in [0.5, 0.6) is 0 Å². The first-order valence-electron chi connectivity index (χ1n) is 6.46. The molecule has 0 aromatic carbocycles. The number of carbonyl (C=O) groups is 1. The van der Waals surface area contributed by atoms with Gasteiger partial charge >= 0.3 is 0 Å². The Morgan fingerprint density at radius 1 is 1.55 bits per heavy atom. The summed E-state index contributed by atoms with van der Waals surface area (Å²) in [7, 11) is 1.60. The Kier molecular flexibility index (Phi) is 4.52. The van der Waals surface area contributed by atoms with Gasteiger partial charge in [-0.2, -0.15) is 5.10 Å². The zero-order valence-corrected chi connectivity index (χ0v) is 11.9. The maximum atomic E-state index is 11.9. The number of hydrogen-bond donors (Lipinski definition) is 2. The second kappa shape index (κ2) is 6.33. The number of methoxy groups -OCH3 is 1. The molecule has 0 bridgehead atoms. The summed E-state index contributed by atoms with van der Waals surface area (Å²) in [5.74, 6) is 0.546. The maximum absolute atomic E-state index is 11.9. The van der Waals surface area contributed by atoms with Crippen molar-refractivity contribution < 1.29 is 9.53 Å². The molecule has 0 spiro atoms. The Morgan fingerprint density at radius 2 is 2.35 bits per heavy atom. The Balaban J connectivity index is 2.05. The summed E-state index contributed by atoms with van der Waals surface area (Å²) in [6.07, 6.45) is 3.42. The molecule has 1 amide bonds. The first kappa shape index (κ1) is 14.3. The summed E-state index contributed by atoms with van der Waals surface area (Å²) in [6.45, 7) is 4.69. The smallest absolute Gasteiger partial charge is 0.242 e.